The first-order valence-corrected chi connectivity index (χ1v) is 10.3. The number of amides is 1. The van der Waals surface area contributed by atoms with E-state index in [9.17, 15) is 9.90 Å². The molecule has 0 aromatic heterocycles. The highest BCUT2D eigenvalue weighted by Gasteiger charge is 2.35. The summed E-state index contributed by atoms with van der Waals surface area (Å²) in [6.45, 7) is 11.2. The maximum atomic E-state index is 12.9. The van der Waals surface area contributed by atoms with Crippen LogP contribution < -0.4 is 0 Å². The second-order valence-corrected chi connectivity index (χ2v) is 8.57. The average Bonchev–Trinajstić information content (AvgIpc) is 2.94. The Hall–Kier alpha value is -1.43. The number of benzene rings is 1. The van der Waals surface area contributed by atoms with E-state index < -0.39 is 0 Å². The molecular weight excluding hydrogens is 338 g/mol. The van der Waals surface area contributed by atoms with Crippen molar-refractivity contribution in [2.24, 2.45) is 11.8 Å². The van der Waals surface area contributed by atoms with E-state index >= 15 is 0 Å². The van der Waals surface area contributed by atoms with Crippen molar-refractivity contribution in [1.82, 2.24) is 14.7 Å². The highest BCUT2D eigenvalue weighted by Crippen LogP contribution is 2.26. The minimum absolute atomic E-state index is 0.172. The lowest BCUT2D eigenvalue weighted by Crippen LogP contribution is -2.36. The average molecular weight is 374 g/mol. The van der Waals surface area contributed by atoms with Gasteiger partial charge in [0.05, 0.1) is 6.42 Å². The van der Waals surface area contributed by atoms with Gasteiger partial charge in [-0.3, -0.25) is 4.79 Å². The Morgan fingerprint density at radius 2 is 1.89 bits per heavy atom. The molecule has 1 amide bonds. The Morgan fingerprint density at radius 3 is 2.67 bits per heavy atom. The van der Waals surface area contributed by atoms with E-state index in [-0.39, 0.29) is 18.4 Å². The van der Waals surface area contributed by atoms with Crippen molar-refractivity contribution in [3.05, 3.63) is 34.9 Å². The van der Waals surface area contributed by atoms with E-state index in [4.69, 9.17) is 0 Å². The van der Waals surface area contributed by atoms with Crippen LogP contribution in [0.1, 0.15) is 23.1 Å². The minimum atomic E-state index is 0.172. The fraction of sp³-hybridized carbons (Fsp3) is 0.682. The first kappa shape index (κ1) is 20.3. The molecule has 0 radical (unpaired) electrons. The van der Waals surface area contributed by atoms with Crippen LogP contribution in [0.15, 0.2) is 18.2 Å². The summed E-state index contributed by atoms with van der Waals surface area (Å²) in [6.07, 6.45) is 1.66. The number of likely N-dealkylation sites (N-methyl/N-ethyl adjacent to an activating group) is 1. The van der Waals surface area contributed by atoms with Gasteiger partial charge < -0.3 is 19.8 Å². The Morgan fingerprint density at radius 1 is 1.11 bits per heavy atom. The van der Waals surface area contributed by atoms with Gasteiger partial charge >= 0.3 is 0 Å². The summed E-state index contributed by atoms with van der Waals surface area (Å²) >= 11 is 0. The summed E-state index contributed by atoms with van der Waals surface area (Å²) < 4.78 is 0. The second kappa shape index (κ2) is 9.18. The number of hydrogen-bond acceptors (Lipinski definition) is 4. The molecule has 2 fully saturated rings. The molecule has 150 valence electrons. The topological polar surface area (TPSA) is 47.0 Å². The van der Waals surface area contributed by atoms with Crippen molar-refractivity contribution in [3.63, 3.8) is 0 Å². The Bertz CT molecular complexity index is 648. The molecule has 0 unspecified atom stereocenters. The van der Waals surface area contributed by atoms with Crippen LogP contribution in [0.2, 0.25) is 0 Å². The molecule has 27 heavy (non-hydrogen) atoms. The number of hydrogen-bond donors (Lipinski definition) is 1. The quantitative estimate of drug-likeness (QED) is 0.851. The molecular formula is C22H35N3O2. The van der Waals surface area contributed by atoms with Gasteiger partial charge in [0.2, 0.25) is 5.91 Å². The van der Waals surface area contributed by atoms with Crippen LogP contribution in [-0.4, -0.2) is 85.2 Å². The van der Waals surface area contributed by atoms with Crippen LogP contribution in [0.3, 0.4) is 0 Å². The minimum Gasteiger partial charge on any atom is -0.396 e. The van der Waals surface area contributed by atoms with Crippen molar-refractivity contribution in [2.75, 3.05) is 59.5 Å². The van der Waals surface area contributed by atoms with Crippen molar-refractivity contribution in [3.8, 4) is 0 Å². The molecule has 0 spiro atoms. The van der Waals surface area contributed by atoms with Gasteiger partial charge in [0.1, 0.15) is 0 Å². The van der Waals surface area contributed by atoms with Crippen molar-refractivity contribution >= 4 is 5.91 Å². The van der Waals surface area contributed by atoms with E-state index in [1.807, 2.05) is 4.90 Å². The SMILES string of the molecule is Cc1ccc(C)c(CC(=O)N2C[C@@H](CN3CCCN(C)CC3)[C@@H](CO)C2)c1. The first-order chi connectivity index (χ1) is 13.0. The van der Waals surface area contributed by atoms with Gasteiger partial charge in [-0.25, -0.2) is 0 Å². The number of rotatable bonds is 5. The Kier molecular flexibility index (Phi) is 6.90. The van der Waals surface area contributed by atoms with Gasteiger partial charge in [-0.05, 0) is 57.5 Å². The zero-order chi connectivity index (χ0) is 19.4. The highest BCUT2D eigenvalue weighted by atomic mass is 16.3. The molecule has 0 aliphatic carbocycles. The number of nitrogens with zero attached hydrogens (tertiary/aromatic N) is 3. The third-order valence-corrected chi connectivity index (χ3v) is 6.31. The third kappa shape index (κ3) is 5.31. The summed E-state index contributed by atoms with van der Waals surface area (Å²) in [6, 6.07) is 6.31. The zero-order valence-electron chi connectivity index (χ0n) is 17.2. The molecule has 5 heteroatoms. The largest absolute Gasteiger partial charge is 0.396 e. The first-order valence-electron chi connectivity index (χ1n) is 10.3. The van der Waals surface area contributed by atoms with Crippen LogP contribution in [0.25, 0.3) is 0 Å². The summed E-state index contributed by atoms with van der Waals surface area (Å²) in [5.74, 6) is 0.773. The standard InChI is InChI=1S/C22H35N3O2/c1-17-5-6-18(2)19(11-17)12-22(27)25-14-20(21(15-25)16-26)13-24-8-4-7-23(3)9-10-24/h5-6,11,20-21,26H,4,7-10,12-16H2,1-3H3/t20-,21-/m1/s1. The molecule has 5 nitrogen and oxygen atoms in total. The molecule has 1 N–H and O–H groups in total. The molecule has 3 rings (SSSR count). The lowest BCUT2D eigenvalue weighted by atomic mass is 9.96. The van der Waals surface area contributed by atoms with Crippen LogP contribution in [0.5, 0.6) is 0 Å². The smallest absolute Gasteiger partial charge is 0.227 e. The van der Waals surface area contributed by atoms with Gasteiger partial charge in [-0.15, -0.1) is 0 Å². The van der Waals surface area contributed by atoms with Gasteiger partial charge in [-0.1, -0.05) is 23.8 Å². The van der Waals surface area contributed by atoms with Crippen LogP contribution in [-0.2, 0) is 11.2 Å². The third-order valence-electron chi connectivity index (χ3n) is 6.31. The zero-order valence-corrected chi connectivity index (χ0v) is 17.2. The molecule has 2 aliphatic rings. The van der Waals surface area contributed by atoms with Crippen LogP contribution in [0.4, 0.5) is 0 Å². The van der Waals surface area contributed by atoms with Gasteiger partial charge in [-0.2, -0.15) is 0 Å². The number of likely N-dealkylation sites (tertiary alicyclic amines) is 1. The maximum absolute atomic E-state index is 12.9. The number of carbonyl (C=O) groups is 1. The van der Waals surface area contributed by atoms with Gasteiger partial charge in [0.25, 0.3) is 0 Å². The summed E-state index contributed by atoms with van der Waals surface area (Å²) in [5, 5.41) is 9.87. The predicted octanol–water partition coefficient (Wildman–Crippen LogP) is 1.55. The fourth-order valence-corrected chi connectivity index (χ4v) is 4.44. The summed E-state index contributed by atoms with van der Waals surface area (Å²) in [4.78, 5) is 19.8. The van der Waals surface area contributed by atoms with E-state index in [0.717, 1.165) is 44.8 Å². The molecule has 2 saturated heterocycles. The Balaban J connectivity index is 1.59. The molecule has 2 heterocycles. The maximum Gasteiger partial charge on any atom is 0.227 e. The van der Waals surface area contributed by atoms with Crippen LogP contribution >= 0.6 is 0 Å². The lowest BCUT2D eigenvalue weighted by molar-refractivity contribution is -0.129. The summed E-state index contributed by atoms with van der Waals surface area (Å²) in [5.41, 5.74) is 3.50. The van der Waals surface area contributed by atoms with Gasteiger partial charge in [0.15, 0.2) is 0 Å². The van der Waals surface area contributed by atoms with Crippen LogP contribution in [0, 0.1) is 25.7 Å². The Labute approximate surface area is 163 Å². The van der Waals surface area contributed by atoms with E-state index in [2.05, 4.69) is 48.9 Å². The van der Waals surface area contributed by atoms with Crippen molar-refractivity contribution < 1.29 is 9.90 Å². The fourth-order valence-electron chi connectivity index (χ4n) is 4.44. The number of aryl methyl sites for hydroxylation is 2. The van der Waals surface area contributed by atoms with E-state index in [1.54, 1.807) is 0 Å². The van der Waals surface area contributed by atoms with E-state index in [0.29, 0.717) is 18.9 Å². The predicted molar refractivity (Wildman–Crippen MR) is 109 cm³/mol. The summed E-state index contributed by atoms with van der Waals surface area (Å²) in [7, 11) is 2.18. The second-order valence-electron chi connectivity index (χ2n) is 8.57. The number of aliphatic hydroxyl groups excluding tert-OH is 1. The van der Waals surface area contributed by atoms with Crippen molar-refractivity contribution in [2.45, 2.75) is 26.7 Å². The van der Waals surface area contributed by atoms with Gasteiger partial charge in [0, 0.05) is 45.2 Å². The molecule has 1 aromatic carbocycles. The molecule has 0 bridgehead atoms. The molecule has 0 saturated carbocycles. The van der Waals surface area contributed by atoms with Crippen molar-refractivity contribution in [1.29, 1.82) is 0 Å². The monoisotopic (exact) mass is 373 g/mol. The molecule has 1 aromatic rings. The number of carbonyl (C=O) groups excluding carboxylic acids is 1. The lowest BCUT2D eigenvalue weighted by Gasteiger charge is -2.26. The molecule has 2 aliphatic heterocycles. The highest BCUT2D eigenvalue weighted by molar-refractivity contribution is 5.79. The number of aliphatic hydroxyl groups is 1. The van der Waals surface area contributed by atoms with E-state index in [1.165, 1.54) is 17.5 Å². The normalized spacial score (nSPS) is 25.0. The molecule has 2 atom stereocenters.